The van der Waals surface area contributed by atoms with Crippen LogP contribution in [0.2, 0.25) is 0 Å². The van der Waals surface area contributed by atoms with Crippen LogP contribution in [0.1, 0.15) is 22.7 Å². The topological polar surface area (TPSA) is 61.9 Å². The van der Waals surface area contributed by atoms with Crippen LogP contribution in [-0.2, 0) is 16.0 Å². The van der Waals surface area contributed by atoms with Crippen molar-refractivity contribution in [2.24, 2.45) is 0 Å². The first-order valence-corrected chi connectivity index (χ1v) is 11.9. The molecule has 1 aliphatic rings. The summed E-state index contributed by atoms with van der Waals surface area (Å²) in [5, 5.41) is 2.82. The summed E-state index contributed by atoms with van der Waals surface area (Å²) in [4.78, 5) is 29.2. The number of methoxy groups -OCH3 is 1. The van der Waals surface area contributed by atoms with Gasteiger partial charge in [0.15, 0.2) is 0 Å². The summed E-state index contributed by atoms with van der Waals surface area (Å²) in [6.45, 7) is 1.97. The van der Waals surface area contributed by atoms with Crippen LogP contribution < -0.4 is 5.32 Å². The Bertz CT molecular complexity index is 1100. The van der Waals surface area contributed by atoms with Crippen LogP contribution in [0, 0.1) is 11.6 Å². The Morgan fingerprint density at radius 2 is 1.36 bits per heavy atom. The number of amides is 2. The third-order valence-electron chi connectivity index (χ3n) is 6.40. The lowest BCUT2D eigenvalue weighted by molar-refractivity contribution is -0.142. The highest BCUT2D eigenvalue weighted by Gasteiger charge is 2.30. The highest BCUT2D eigenvalue weighted by Crippen LogP contribution is 2.30. The number of benzene rings is 3. The molecule has 188 valence electrons. The van der Waals surface area contributed by atoms with Crippen LogP contribution in [0.4, 0.5) is 13.6 Å². The van der Waals surface area contributed by atoms with E-state index in [0.717, 1.165) is 16.7 Å². The van der Waals surface area contributed by atoms with E-state index in [0.29, 0.717) is 32.6 Å². The van der Waals surface area contributed by atoms with E-state index in [1.807, 2.05) is 30.3 Å². The minimum atomic E-state index is -0.797. The zero-order chi connectivity index (χ0) is 25.5. The number of nitrogens with zero attached hydrogens (tertiary/aromatic N) is 2. The zero-order valence-electron chi connectivity index (χ0n) is 20.1. The fraction of sp³-hybridized carbons (Fsp3) is 0.286. The minimum absolute atomic E-state index is 0.211. The normalized spacial score (nSPS) is 14.9. The van der Waals surface area contributed by atoms with Crippen molar-refractivity contribution < 1.29 is 23.1 Å². The average molecular weight is 494 g/mol. The number of carbonyl (C=O) groups is 2. The summed E-state index contributed by atoms with van der Waals surface area (Å²) in [6, 6.07) is 20.7. The molecule has 1 heterocycles. The maximum atomic E-state index is 13.6. The van der Waals surface area contributed by atoms with E-state index < -0.39 is 12.0 Å². The third-order valence-corrected chi connectivity index (χ3v) is 6.40. The number of halogens is 2. The molecule has 8 heteroatoms. The number of hydrogen-bond acceptors (Lipinski definition) is 4. The van der Waals surface area contributed by atoms with Crippen molar-refractivity contribution in [2.75, 3.05) is 33.3 Å². The smallest absolute Gasteiger partial charge is 0.328 e. The van der Waals surface area contributed by atoms with Gasteiger partial charge in [0.2, 0.25) is 0 Å². The Hall–Kier alpha value is -3.78. The van der Waals surface area contributed by atoms with Gasteiger partial charge in [0.25, 0.3) is 0 Å². The van der Waals surface area contributed by atoms with E-state index in [9.17, 15) is 18.4 Å². The third kappa shape index (κ3) is 6.26. The monoisotopic (exact) mass is 493 g/mol. The predicted octanol–water partition coefficient (Wildman–Crippen LogP) is 4.17. The second-order valence-electron chi connectivity index (χ2n) is 8.74. The highest BCUT2D eigenvalue weighted by atomic mass is 19.1. The predicted molar refractivity (Wildman–Crippen MR) is 132 cm³/mol. The molecule has 0 saturated carbocycles. The lowest BCUT2D eigenvalue weighted by Gasteiger charge is -2.40. The molecular weight excluding hydrogens is 464 g/mol. The fourth-order valence-electron chi connectivity index (χ4n) is 4.51. The summed E-state index contributed by atoms with van der Waals surface area (Å²) in [7, 11) is 1.30. The van der Waals surface area contributed by atoms with Crippen molar-refractivity contribution in [3.05, 3.63) is 107 Å². The van der Waals surface area contributed by atoms with E-state index >= 15 is 0 Å². The van der Waals surface area contributed by atoms with Crippen molar-refractivity contribution in [3.63, 3.8) is 0 Å². The molecule has 1 fully saturated rings. The van der Waals surface area contributed by atoms with Gasteiger partial charge in [0.05, 0.1) is 13.2 Å². The van der Waals surface area contributed by atoms with Crippen molar-refractivity contribution in [2.45, 2.75) is 18.5 Å². The first-order valence-electron chi connectivity index (χ1n) is 11.9. The van der Waals surface area contributed by atoms with Crippen LogP contribution in [0.25, 0.3) is 0 Å². The number of urea groups is 1. The minimum Gasteiger partial charge on any atom is -0.467 e. The molecule has 0 aliphatic carbocycles. The second-order valence-corrected chi connectivity index (χ2v) is 8.74. The van der Waals surface area contributed by atoms with Gasteiger partial charge in [-0.15, -0.1) is 0 Å². The summed E-state index contributed by atoms with van der Waals surface area (Å²) in [5.41, 5.74) is 2.68. The van der Waals surface area contributed by atoms with Gasteiger partial charge >= 0.3 is 12.0 Å². The van der Waals surface area contributed by atoms with Gasteiger partial charge in [-0.3, -0.25) is 4.90 Å². The largest absolute Gasteiger partial charge is 0.467 e. The molecule has 1 N–H and O–H groups in total. The quantitative estimate of drug-likeness (QED) is 0.502. The average Bonchev–Trinajstić information content (AvgIpc) is 2.91. The summed E-state index contributed by atoms with van der Waals surface area (Å²) in [5.74, 6) is -1.15. The van der Waals surface area contributed by atoms with Crippen LogP contribution in [0.5, 0.6) is 0 Å². The van der Waals surface area contributed by atoms with Crippen LogP contribution in [0.15, 0.2) is 78.9 Å². The van der Waals surface area contributed by atoms with Gasteiger partial charge < -0.3 is 15.0 Å². The van der Waals surface area contributed by atoms with Gasteiger partial charge in [-0.05, 0) is 41.0 Å². The molecule has 36 heavy (non-hydrogen) atoms. The number of hydrogen-bond donors (Lipinski definition) is 1. The van der Waals surface area contributed by atoms with Gasteiger partial charge in [-0.2, -0.15) is 0 Å². The first-order chi connectivity index (χ1) is 17.4. The Morgan fingerprint density at radius 3 is 1.86 bits per heavy atom. The molecule has 3 aromatic rings. The number of piperazine rings is 1. The molecule has 4 rings (SSSR count). The molecule has 1 saturated heterocycles. The first kappa shape index (κ1) is 25.3. The molecule has 0 aromatic heterocycles. The Morgan fingerprint density at radius 1 is 0.833 bits per heavy atom. The SMILES string of the molecule is COC(=O)[C@H](Cc1ccccc1)NC(=O)N1CCN(C(c2ccc(F)cc2)c2ccc(F)cc2)CC1. The Balaban J connectivity index is 1.44. The maximum Gasteiger partial charge on any atom is 0.328 e. The molecule has 1 aliphatic heterocycles. The van der Waals surface area contributed by atoms with Crippen LogP contribution in [-0.4, -0.2) is 61.1 Å². The number of rotatable bonds is 7. The maximum absolute atomic E-state index is 13.6. The van der Waals surface area contributed by atoms with Gasteiger partial charge in [0, 0.05) is 32.6 Å². The fourth-order valence-corrected chi connectivity index (χ4v) is 4.51. The van der Waals surface area contributed by atoms with Crippen molar-refractivity contribution in [1.29, 1.82) is 0 Å². The summed E-state index contributed by atoms with van der Waals surface area (Å²) < 4.78 is 32.0. The molecule has 2 amide bonds. The zero-order valence-corrected chi connectivity index (χ0v) is 20.1. The molecule has 0 radical (unpaired) electrons. The Kier molecular flexibility index (Phi) is 8.28. The number of carbonyl (C=O) groups excluding carboxylic acids is 2. The number of ether oxygens (including phenoxy) is 1. The van der Waals surface area contributed by atoms with Crippen LogP contribution >= 0.6 is 0 Å². The van der Waals surface area contributed by atoms with E-state index in [1.165, 1.54) is 31.4 Å². The molecule has 0 bridgehead atoms. The number of nitrogens with one attached hydrogen (secondary N) is 1. The molecule has 1 atom stereocenters. The van der Waals surface area contributed by atoms with Crippen molar-refractivity contribution >= 4 is 12.0 Å². The molecular formula is C28H29F2N3O3. The second kappa shape index (κ2) is 11.8. The lowest BCUT2D eigenvalue weighted by atomic mass is 9.96. The van der Waals surface area contributed by atoms with E-state index in [2.05, 4.69) is 10.2 Å². The van der Waals surface area contributed by atoms with Gasteiger partial charge in [0.1, 0.15) is 17.7 Å². The molecule has 3 aromatic carbocycles. The van der Waals surface area contributed by atoms with Crippen molar-refractivity contribution in [3.8, 4) is 0 Å². The van der Waals surface area contributed by atoms with E-state index in [4.69, 9.17) is 4.74 Å². The molecule has 0 unspecified atom stereocenters. The summed E-state index contributed by atoms with van der Waals surface area (Å²) >= 11 is 0. The van der Waals surface area contributed by atoms with Gasteiger partial charge in [-0.25, -0.2) is 18.4 Å². The molecule has 6 nitrogen and oxygen atoms in total. The molecule has 0 spiro atoms. The van der Waals surface area contributed by atoms with E-state index in [-0.39, 0.29) is 23.7 Å². The summed E-state index contributed by atoms with van der Waals surface area (Å²) in [6.07, 6.45) is 0.330. The highest BCUT2D eigenvalue weighted by molar-refractivity contribution is 5.84. The lowest BCUT2D eigenvalue weighted by Crippen LogP contribution is -2.55. The number of esters is 1. The van der Waals surface area contributed by atoms with Gasteiger partial charge in [-0.1, -0.05) is 54.6 Å². The van der Waals surface area contributed by atoms with Crippen LogP contribution in [0.3, 0.4) is 0 Å². The van der Waals surface area contributed by atoms with E-state index in [1.54, 1.807) is 29.2 Å². The standard InChI is InChI=1S/C28H29F2N3O3/c1-36-27(34)25(19-20-5-3-2-4-6-20)31-28(35)33-17-15-32(16-18-33)26(21-7-11-23(29)12-8-21)22-9-13-24(30)14-10-22/h2-14,25-26H,15-19H2,1H3,(H,31,35)/t25-/m0/s1. The van der Waals surface area contributed by atoms with Crippen molar-refractivity contribution in [1.82, 2.24) is 15.1 Å². The Labute approximate surface area is 209 Å².